The van der Waals surface area contributed by atoms with Gasteiger partial charge in [0, 0.05) is 36.7 Å². The van der Waals surface area contributed by atoms with E-state index in [1.807, 2.05) is 6.08 Å². The number of halogens is 1. The smallest absolute Gasteiger partial charge is 0.151 e. The fourth-order valence-corrected chi connectivity index (χ4v) is 3.50. The van der Waals surface area contributed by atoms with Crippen LogP contribution >= 0.6 is 15.9 Å². The number of Topliss-reactive ketones (excluding diaryl/α,β-unsaturated/α-hetero) is 1. The van der Waals surface area contributed by atoms with Gasteiger partial charge in [0.25, 0.3) is 0 Å². The molecule has 4 rings (SSSR count). The van der Waals surface area contributed by atoms with E-state index in [1.54, 1.807) is 0 Å². The van der Waals surface area contributed by atoms with E-state index in [4.69, 9.17) is 4.99 Å². The molecule has 0 saturated carbocycles. The van der Waals surface area contributed by atoms with Gasteiger partial charge in [-0.25, -0.2) is 4.99 Å². The van der Waals surface area contributed by atoms with Gasteiger partial charge >= 0.3 is 0 Å². The SMILES string of the molecule is O=C1CCN2CC3=NC4=CC(Br)=CCN4C=C3CC12. The Bertz CT molecular complexity index is 587. The summed E-state index contributed by atoms with van der Waals surface area (Å²) in [4.78, 5) is 21.1. The maximum absolute atomic E-state index is 11.9. The Morgan fingerprint density at radius 3 is 3.21 bits per heavy atom. The van der Waals surface area contributed by atoms with Gasteiger partial charge in [0.15, 0.2) is 5.78 Å². The molecule has 0 aromatic heterocycles. The molecule has 0 radical (unpaired) electrons. The summed E-state index contributed by atoms with van der Waals surface area (Å²) in [5, 5.41) is 0. The lowest BCUT2D eigenvalue weighted by molar-refractivity contribution is -0.119. The van der Waals surface area contributed by atoms with E-state index in [2.05, 4.69) is 38.0 Å². The number of aliphatic imine (C=N–C) groups is 1. The predicted molar refractivity (Wildman–Crippen MR) is 76.9 cm³/mol. The molecule has 0 spiro atoms. The molecule has 4 aliphatic rings. The third kappa shape index (κ3) is 1.83. The highest BCUT2D eigenvalue weighted by Gasteiger charge is 2.39. The first-order chi connectivity index (χ1) is 9.20. The lowest BCUT2D eigenvalue weighted by Crippen LogP contribution is -2.45. The number of fused-ring (bicyclic) bond motifs is 3. The van der Waals surface area contributed by atoms with Crippen LogP contribution in [-0.4, -0.2) is 47.0 Å². The second kappa shape index (κ2) is 4.15. The van der Waals surface area contributed by atoms with Gasteiger partial charge in [0.1, 0.15) is 5.82 Å². The highest BCUT2D eigenvalue weighted by molar-refractivity contribution is 9.11. The summed E-state index contributed by atoms with van der Waals surface area (Å²) in [7, 11) is 0. The van der Waals surface area contributed by atoms with Crippen LogP contribution in [0.25, 0.3) is 0 Å². The number of rotatable bonds is 0. The lowest BCUT2D eigenvalue weighted by Gasteiger charge is -2.36. The van der Waals surface area contributed by atoms with Crippen LogP contribution in [0.1, 0.15) is 12.8 Å². The fraction of sp³-hybridized carbons (Fsp3) is 0.429. The Morgan fingerprint density at radius 2 is 2.32 bits per heavy atom. The minimum Gasteiger partial charge on any atom is -0.329 e. The average molecular weight is 320 g/mol. The van der Waals surface area contributed by atoms with Gasteiger partial charge in [-0.15, -0.1) is 0 Å². The zero-order valence-corrected chi connectivity index (χ0v) is 12.1. The van der Waals surface area contributed by atoms with E-state index in [0.717, 1.165) is 42.1 Å². The maximum atomic E-state index is 11.9. The summed E-state index contributed by atoms with van der Waals surface area (Å²) in [6.45, 7) is 2.55. The van der Waals surface area contributed by atoms with Crippen molar-refractivity contribution in [2.75, 3.05) is 19.6 Å². The largest absolute Gasteiger partial charge is 0.329 e. The van der Waals surface area contributed by atoms with Crippen LogP contribution in [0.3, 0.4) is 0 Å². The first-order valence-electron chi connectivity index (χ1n) is 6.60. The summed E-state index contributed by atoms with van der Waals surface area (Å²) >= 11 is 3.50. The number of piperidine rings is 1. The fourth-order valence-electron chi connectivity index (χ4n) is 3.15. The molecular formula is C14H14BrN3O. The molecule has 0 aliphatic carbocycles. The Balaban J connectivity index is 1.69. The number of carbonyl (C=O) groups is 1. The molecule has 0 bridgehead atoms. The van der Waals surface area contributed by atoms with Crippen molar-refractivity contribution in [2.45, 2.75) is 18.9 Å². The van der Waals surface area contributed by atoms with Gasteiger partial charge in [0.2, 0.25) is 0 Å². The number of hydrogen-bond acceptors (Lipinski definition) is 4. The van der Waals surface area contributed by atoms with Crippen molar-refractivity contribution in [2.24, 2.45) is 4.99 Å². The summed E-state index contributed by atoms with van der Waals surface area (Å²) < 4.78 is 1.09. The number of allylic oxidation sites excluding steroid dienone is 2. The Labute approximate surface area is 120 Å². The molecule has 1 atom stereocenters. The van der Waals surface area contributed by atoms with Gasteiger partial charge in [0.05, 0.1) is 11.8 Å². The topological polar surface area (TPSA) is 35.9 Å². The number of ketones is 1. The normalized spacial score (nSPS) is 29.8. The molecule has 4 heterocycles. The quantitative estimate of drug-likeness (QED) is 0.683. The zero-order chi connectivity index (χ0) is 13.0. The van der Waals surface area contributed by atoms with Crippen molar-refractivity contribution in [3.63, 3.8) is 0 Å². The minimum absolute atomic E-state index is 0.0998. The second-order valence-electron chi connectivity index (χ2n) is 5.36. The van der Waals surface area contributed by atoms with E-state index in [0.29, 0.717) is 12.2 Å². The van der Waals surface area contributed by atoms with Crippen molar-refractivity contribution in [1.29, 1.82) is 0 Å². The first-order valence-corrected chi connectivity index (χ1v) is 7.39. The van der Waals surface area contributed by atoms with Crippen molar-refractivity contribution < 1.29 is 4.79 Å². The van der Waals surface area contributed by atoms with E-state index >= 15 is 0 Å². The molecular weight excluding hydrogens is 306 g/mol. The molecule has 0 aromatic rings. The van der Waals surface area contributed by atoms with Gasteiger partial charge in [-0.3, -0.25) is 9.69 Å². The van der Waals surface area contributed by atoms with Crippen LogP contribution in [0.4, 0.5) is 0 Å². The molecule has 0 aromatic carbocycles. The third-order valence-electron chi connectivity index (χ3n) is 4.20. The van der Waals surface area contributed by atoms with Crippen LogP contribution in [0.15, 0.2) is 39.2 Å². The van der Waals surface area contributed by atoms with E-state index < -0.39 is 0 Å². The Morgan fingerprint density at radius 1 is 1.42 bits per heavy atom. The number of hydrogen-bond donors (Lipinski definition) is 0. The summed E-state index contributed by atoms with van der Waals surface area (Å²) in [5.41, 5.74) is 2.37. The van der Waals surface area contributed by atoms with Crippen molar-refractivity contribution >= 4 is 27.4 Å². The zero-order valence-electron chi connectivity index (χ0n) is 10.5. The standard InChI is InChI=1S/C14H14BrN3O/c15-10-1-3-18-7-9-5-12-13(19)2-4-17(12)8-11(9)16-14(18)6-10/h1,6-7,12H,2-5,8H2. The number of carbonyl (C=O) groups excluding carboxylic acids is 1. The van der Waals surface area contributed by atoms with Gasteiger partial charge in [-0.05, 0) is 18.1 Å². The molecule has 2 saturated heterocycles. The van der Waals surface area contributed by atoms with E-state index in [-0.39, 0.29) is 6.04 Å². The van der Waals surface area contributed by atoms with Crippen LogP contribution in [0, 0.1) is 0 Å². The molecule has 4 aliphatic heterocycles. The second-order valence-corrected chi connectivity index (χ2v) is 6.28. The molecule has 4 nitrogen and oxygen atoms in total. The monoisotopic (exact) mass is 319 g/mol. The van der Waals surface area contributed by atoms with E-state index in [1.165, 1.54) is 5.57 Å². The molecule has 98 valence electrons. The molecule has 0 amide bonds. The van der Waals surface area contributed by atoms with Crippen LogP contribution in [-0.2, 0) is 4.79 Å². The third-order valence-corrected chi connectivity index (χ3v) is 4.75. The first kappa shape index (κ1) is 11.6. The highest BCUT2D eigenvalue weighted by atomic mass is 79.9. The minimum atomic E-state index is 0.0998. The van der Waals surface area contributed by atoms with Crippen LogP contribution in [0.2, 0.25) is 0 Å². The van der Waals surface area contributed by atoms with Gasteiger partial charge < -0.3 is 4.90 Å². The molecule has 2 fully saturated rings. The summed E-state index contributed by atoms with van der Waals surface area (Å²) in [5.74, 6) is 1.39. The predicted octanol–water partition coefficient (Wildman–Crippen LogP) is 1.81. The summed E-state index contributed by atoms with van der Waals surface area (Å²) in [6, 6.07) is 0.0998. The van der Waals surface area contributed by atoms with Gasteiger partial charge in [-0.1, -0.05) is 22.0 Å². The van der Waals surface area contributed by atoms with Gasteiger partial charge in [-0.2, -0.15) is 0 Å². The summed E-state index contributed by atoms with van der Waals surface area (Å²) in [6.07, 6.45) is 7.87. The van der Waals surface area contributed by atoms with Crippen molar-refractivity contribution in [3.8, 4) is 0 Å². The average Bonchev–Trinajstić information content (AvgIpc) is 2.75. The van der Waals surface area contributed by atoms with E-state index in [9.17, 15) is 4.79 Å². The lowest BCUT2D eigenvalue weighted by atomic mass is 9.94. The molecule has 1 unspecified atom stereocenters. The maximum Gasteiger partial charge on any atom is 0.151 e. The highest BCUT2D eigenvalue weighted by Crippen LogP contribution is 2.32. The van der Waals surface area contributed by atoms with Crippen LogP contribution < -0.4 is 0 Å². The molecule has 5 heteroatoms. The van der Waals surface area contributed by atoms with Crippen molar-refractivity contribution in [3.05, 3.63) is 34.2 Å². The number of nitrogens with zero attached hydrogens (tertiary/aromatic N) is 3. The van der Waals surface area contributed by atoms with Crippen molar-refractivity contribution in [1.82, 2.24) is 9.80 Å². The van der Waals surface area contributed by atoms with Crippen LogP contribution in [0.5, 0.6) is 0 Å². The Kier molecular flexibility index (Phi) is 2.53. The Hall–Kier alpha value is -1.20. The molecule has 19 heavy (non-hydrogen) atoms. The molecule has 0 N–H and O–H groups in total.